The van der Waals surface area contributed by atoms with Gasteiger partial charge in [0.15, 0.2) is 0 Å². The summed E-state index contributed by atoms with van der Waals surface area (Å²) in [7, 11) is 0. The predicted molar refractivity (Wildman–Crippen MR) is 108 cm³/mol. The Hall–Kier alpha value is -2.22. The van der Waals surface area contributed by atoms with Crippen molar-refractivity contribution in [2.75, 3.05) is 5.32 Å². The van der Waals surface area contributed by atoms with E-state index in [4.69, 9.17) is 0 Å². The van der Waals surface area contributed by atoms with Crippen LogP contribution in [0, 0.1) is 3.57 Å². The van der Waals surface area contributed by atoms with Gasteiger partial charge in [0.1, 0.15) is 0 Å². The lowest BCUT2D eigenvalue weighted by Crippen LogP contribution is -2.20. The number of hydrogen-bond donors (Lipinski definition) is 2. The summed E-state index contributed by atoms with van der Waals surface area (Å²) in [6.07, 6.45) is 1.02. The average molecular weight is 449 g/mol. The van der Waals surface area contributed by atoms with Crippen molar-refractivity contribution in [3.8, 4) is 0 Å². The highest BCUT2D eigenvalue weighted by Gasteiger charge is 2.06. The minimum absolute atomic E-state index is 0.0991. The maximum atomic E-state index is 11.9. The fraction of sp³-hybridized carbons (Fsp3) is 0.211. The molecule has 6 heteroatoms. The third-order valence-corrected chi connectivity index (χ3v) is 4.19. The smallest absolute Gasteiger partial charge is 0.240 e. The van der Waals surface area contributed by atoms with Gasteiger partial charge in [-0.05, 0) is 65.8 Å². The monoisotopic (exact) mass is 449 g/mol. The largest absolute Gasteiger partial charge is 0.326 e. The average Bonchev–Trinajstić information content (AvgIpc) is 2.62. The van der Waals surface area contributed by atoms with Crippen molar-refractivity contribution >= 4 is 45.8 Å². The maximum absolute atomic E-state index is 11.9. The molecule has 0 aliphatic carbocycles. The van der Waals surface area contributed by atoms with E-state index in [1.54, 1.807) is 0 Å². The van der Waals surface area contributed by atoms with Gasteiger partial charge in [0, 0.05) is 22.1 Å². The standard InChI is InChI=1S/C19H20IN3O2/c1-14(15-6-3-2-4-7-15)22-23-19(25)9-5-8-18(24)21-17-12-10-16(20)11-13-17/h2-4,6-7,10-13H,5,8-9H2,1H3,(H,21,24)(H,23,25). The Morgan fingerprint density at radius 1 is 0.960 bits per heavy atom. The number of rotatable bonds is 7. The zero-order valence-corrected chi connectivity index (χ0v) is 16.1. The Labute approximate surface area is 161 Å². The molecule has 5 nitrogen and oxygen atoms in total. The molecular formula is C19H20IN3O2. The first-order valence-electron chi connectivity index (χ1n) is 7.98. The fourth-order valence-electron chi connectivity index (χ4n) is 2.11. The molecule has 0 unspecified atom stereocenters. The predicted octanol–water partition coefficient (Wildman–Crippen LogP) is 3.94. The number of anilines is 1. The van der Waals surface area contributed by atoms with E-state index in [1.165, 1.54) is 0 Å². The summed E-state index contributed by atoms with van der Waals surface area (Å²) in [5, 5.41) is 6.90. The minimum atomic E-state index is -0.197. The van der Waals surface area contributed by atoms with Gasteiger partial charge in [-0.25, -0.2) is 5.43 Å². The van der Waals surface area contributed by atoms with Crippen LogP contribution >= 0.6 is 22.6 Å². The number of carbonyl (C=O) groups is 2. The molecule has 0 spiro atoms. The molecule has 2 N–H and O–H groups in total. The molecule has 0 aromatic heterocycles. The first-order valence-corrected chi connectivity index (χ1v) is 9.06. The second-order valence-corrected chi connectivity index (χ2v) is 6.75. The Morgan fingerprint density at radius 2 is 1.60 bits per heavy atom. The summed E-state index contributed by atoms with van der Waals surface area (Å²) in [4.78, 5) is 23.7. The van der Waals surface area contributed by atoms with Crippen LogP contribution in [0.5, 0.6) is 0 Å². The van der Waals surface area contributed by atoms with Gasteiger partial charge in [0.05, 0.1) is 5.71 Å². The van der Waals surface area contributed by atoms with E-state index in [0.29, 0.717) is 12.8 Å². The molecule has 2 aromatic carbocycles. The van der Waals surface area contributed by atoms with Crippen molar-refractivity contribution in [2.45, 2.75) is 26.2 Å². The number of benzene rings is 2. The van der Waals surface area contributed by atoms with Crippen LogP contribution in [0.3, 0.4) is 0 Å². The summed E-state index contributed by atoms with van der Waals surface area (Å²) in [6, 6.07) is 17.2. The molecule has 0 aliphatic rings. The van der Waals surface area contributed by atoms with Crippen LogP contribution in [-0.2, 0) is 9.59 Å². The highest BCUT2D eigenvalue weighted by molar-refractivity contribution is 14.1. The fourth-order valence-corrected chi connectivity index (χ4v) is 2.47. The van der Waals surface area contributed by atoms with Crippen LogP contribution < -0.4 is 10.7 Å². The summed E-state index contributed by atoms with van der Waals surface area (Å²) >= 11 is 2.21. The van der Waals surface area contributed by atoms with Crippen molar-refractivity contribution < 1.29 is 9.59 Å². The third kappa shape index (κ3) is 7.04. The molecular weight excluding hydrogens is 429 g/mol. The zero-order valence-electron chi connectivity index (χ0n) is 14.0. The molecule has 0 heterocycles. The lowest BCUT2D eigenvalue weighted by Gasteiger charge is -2.05. The van der Waals surface area contributed by atoms with Crippen LogP contribution in [0.15, 0.2) is 59.7 Å². The first kappa shape index (κ1) is 19.1. The van der Waals surface area contributed by atoms with Crippen molar-refractivity contribution in [3.63, 3.8) is 0 Å². The second kappa shape index (κ2) is 9.93. The molecule has 0 aliphatic heterocycles. The van der Waals surface area contributed by atoms with Gasteiger partial charge < -0.3 is 5.32 Å². The van der Waals surface area contributed by atoms with Crippen LogP contribution in [0.4, 0.5) is 5.69 Å². The van der Waals surface area contributed by atoms with E-state index < -0.39 is 0 Å². The third-order valence-electron chi connectivity index (χ3n) is 3.48. The number of halogens is 1. The van der Waals surface area contributed by atoms with Crippen molar-refractivity contribution in [1.29, 1.82) is 0 Å². The van der Waals surface area contributed by atoms with Crippen molar-refractivity contribution in [3.05, 3.63) is 63.7 Å². The van der Waals surface area contributed by atoms with Crippen LogP contribution in [0.2, 0.25) is 0 Å². The highest BCUT2D eigenvalue weighted by atomic mass is 127. The lowest BCUT2D eigenvalue weighted by atomic mass is 10.1. The summed E-state index contributed by atoms with van der Waals surface area (Å²) < 4.78 is 1.11. The first-order chi connectivity index (χ1) is 12.0. The van der Waals surface area contributed by atoms with Gasteiger partial charge in [0.25, 0.3) is 0 Å². The number of hydrazone groups is 1. The van der Waals surface area contributed by atoms with Gasteiger partial charge in [-0.3, -0.25) is 9.59 Å². The van der Waals surface area contributed by atoms with Crippen LogP contribution in [0.25, 0.3) is 0 Å². The van der Waals surface area contributed by atoms with Gasteiger partial charge in [-0.15, -0.1) is 0 Å². The summed E-state index contributed by atoms with van der Waals surface area (Å²) in [6.45, 7) is 1.84. The molecule has 0 saturated carbocycles. The number of nitrogens with one attached hydrogen (secondary N) is 2. The normalized spacial score (nSPS) is 11.0. The van der Waals surface area contributed by atoms with Gasteiger partial charge in [-0.2, -0.15) is 5.10 Å². The molecule has 0 fully saturated rings. The van der Waals surface area contributed by atoms with Crippen molar-refractivity contribution in [2.24, 2.45) is 5.10 Å². The summed E-state index contributed by atoms with van der Waals surface area (Å²) in [5.74, 6) is -0.296. The van der Waals surface area contributed by atoms with Crippen LogP contribution in [0.1, 0.15) is 31.7 Å². The second-order valence-electron chi connectivity index (χ2n) is 5.51. The number of nitrogens with zero attached hydrogens (tertiary/aromatic N) is 1. The molecule has 2 rings (SSSR count). The molecule has 0 saturated heterocycles. The molecule has 2 amide bonds. The molecule has 0 bridgehead atoms. The van der Waals surface area contributed by atoms with Crippen molar-refractivity contribution in [1.82, 2.24) is 5.43 Å². The molecule has 130 valence electrons. The number of amides is 2. The topological polar surface area (TPSA) is 70.6 Å². The number of hydrogen-bond acceptors (Lipinski definition) is 3. The molecule has 0 radical (unpaired) electrons. The van der Waals surface area contributed by atoms with E-state index in [9.17, 15) is 9.59 Å². The Balaban J connectivity index is 1.69. The molecule has 25 heavy (non-hydrogen) atoms. The SMILES string of the molecule is CC(=NNC(=O)CCCC(=O)Nc1ccc(I)cc1)c1ccccc1. The van der Waals surface area contributed by atoms with E-state index in [2.05, 4.69) is 38.4 Å². The van der Waals surface area contributed by atoms with E-state index in [0.717, 1.165) is 20.5 Å². The highest BCUT2D eigenvalue weighted by Crippen LogP contribution is 2.11. The Kier molecular flexibility index (Phi) is 7.59. The number of carbonyl (C=O) groups excluding carboxylic acids is 2. The van der Waals surface area contributed by atoms with E-state index in [-0.39, 0.29) is 18.2 Å². The van der Waals surface area contributed by atoms with Gasteiger partial charge in [0.2, 0.25) is 11.8 Å². The zero-order chi connectivity index (χ0) is 18.1. The lowest BCUT2D eigenvalue weighted by molar-refractivity contribution is -0.121. The quantitative estimate of drug-likeness (QED) is 0.382. The maximum Gasteiger partial charge on any atom is 0.240 e. The Morgan fingerprint density at radius 3 is 2.28 bits per heavy atom. The Bertz CT molecular complexity index is 743. The minimum Gasteiger partial charge on any atom is -0.326 e. The van der Waals surface area contributed by atoms with Gasteiger partial charge in [-0.1, -0.05) is 30.3 Å². The van der Waals surface area contributed by atoms with Gasteiger partial charge >= 0.3 is 0 Å². The molecule has 0 atom stereocenters. The van der Waals surface area contributed by atoms with E-state index in [1.807, 2.05) is 61.5 Å². The summed E-state index contributed by atoms with van der Waals surface area (Å²) in [5.41, 5.74) is 4.99. The molecule has 2 aromatic rings. The van der Waals surface area contributed by atoms with Crippen LogP contribution in [-0.4, -0.2) is 17.5 Å². The van der Waals surface area contributed by atoms with E-state index >= 15 is 0 Å².